The van der Waals surface area contributed by atoms with E-state index in [9.17, 15) is 15.3 Å². The number of nitrogens with two attached hydrogens (primary N) is 1. The van der Waals surface area contributed by atoms with Crippen molar-refractivity contribution in [2.24, 2.45) is 11.7 Å². The van der Waals surface area contributed by atoms with Gasteiger partial charge in [0.2, 0.25) is 0 Å². The van der Waals surface area contributed by atoms with Crippen LogP contribution in [-0.2, 0) is 11.8 Å². The second-order valence-corrected chi connectivity index (χ2v) is 8.88. The summed E-state index contributed by atoms with van der Waals surface area (Å²) in [5, 5.41) is 32.8. The van der Waals surface area contributed by atoms with Crippen molar-refractivity contribution in [2.45, 2.75) is 68.0 Å². The standard InChI is InChI=1S/C20H28N2O3/c21-14-5-6-20(25)16-9-13-3-4-15(23)18(24)17(13)19(20,10-14)7-8-22(16)11-12-1-2-12/h3-4,12,14,16,23-25H,1-2,5-11,21H2/t14-,16-,19-,20-/m1/s1. The lowest BCUT2D eigenvalue weighted by Gasteiger charge is -2.64. The molecule has 1 aliphatic heterocycles. The molecule has 1 aromatic rings. The number of phenolic OH excluding ortho intramolecular Hbond substituents is 2. The van der Waals surface area contributed by atoms with Crippen molar-refractivity contribution >= 4 is 0 Å². The van der Waals surface area contributed by atoms with Gasteiger partial charge in [0.1, 0.15) is 0 Å². The van der Waals surface area contributed by atoms with E-state index in [0.29, 0.717) is 12.8 Å². The fourth-order valence-corrected chi connectivity index (χ4v) is 6.09. The maximum absolute atomic E-state index is 12.0. The molecular weight excluding hydrogens is 316 g/mol. The Bertz CT molecular complexity index is 719. The molecule has 4 atom stereocenters. The summed E-state index contributed by atoms with van der Waals surface area (Å²) in [6, 6.07) is 3.63. The molecule has 3 fully saturated rings. The average molecular weight is 344 g/mol. The summed E-state index contributed by atoms with van der Waals surface area (Å²) in [7, 11) is 0. The molecule has 25 heavy (non-hydrogen) atoms. The lowest BCUT2D eigenvalue weighted by molar-refractivity contribution is -0.169. The lowest BCUT2D eigenvalue weighted by atomic mass is 9.48. The first-order chi connectivity index (χ1) is 11.9. The number of hydrogen-bond acceptors (Lipinski definition) is 5. The molecule has 5 rings (SSSR count). The third kappa shape index (κ3) is 2.06. The van der Waals surface area contributed by atoms with Crippen molar-refractivity contribution in [2.75, 3.05) is 13.1 Å². The first-order valence-corrected chi connectivity index (χ1v) is 9.71. The number of benzene rings is 1. The zero-order valence-corrected chi connectivity index (χ0v) is 14.6. The molecule has 0 radical (unpaired) electrons. The third-order valence-corrected chi connectivity index (χ3v) is 7.48. The molecule has 1 heterocycles. The first kappa shape index (κ1) is 15.9. The number of phenols is 2. The van der Waals surface area contributed by atoms with Crippen molar-refractivity contribution in [3.05, 3.63) is 23.3 Å². The van der Waals surface area contributed by atoms with E-state index in [-0.39, 0.29) is 23.6 Å². The van der Waals surface area contributed by atoms with Crippen molar-refractivity contribution < 1.29 is 15.3 Å². The van der Waals surface area contributed by atoms with Gasteiger partial charge in [0.05, 0.1) is 5.60 Å². The van der Waals surface area contributed by atoms with Crippen LogP contribution in [-0.4, -0.2) is 51.0 Å². The first-order valence-electron chi connectivity index (χ1n) is 9.71. The van der Waals surface area contributed by atoms with Crippen molar-refractivity contribution in [1.82, 2.24) is 4.90 Å². The Hall–Kier alpha value is -1.30. The summed E-state index contributed by atoms with van der Waals surface area (Å²) in [5.41, 5.74) is 6.77. The van der Waals surface area contributed by atoms with E-state index in [1.165, 1.54) is 12.8 Å². The predicted molar refractivity (Wildman–Crippen MR) is 94.6 cm³/mol. The molecule has 0 aromatic heterocycles. The normalized spacial score (nSPS) is 40.4. The third-order valence-electron chi connectivity index (χ3n) is 7.48. The Morgan fingerprint density at radius 1 is 1.16 bits per heavy atom. The van der Waals surface area contributed by atoms with E-state index in [1.54, 1.807) is 6.07 Å². The Balaban J connectivity index is 1.68. The monoisotopic (exact) mass is 344 g/mol. The molecule has 5 N–H and O–H groups in total. The second-order valence-electron chi connectivity index (χ2n) is 8.88. The van der Waals surface area contributed by atoms with E-state index < -0.39 is 11.0 Å². The Labute approximate surface area is 148 Å². The minimum atomic E-state index is -0.867. The van der Waals surface area contributed by atoms with Gasteiger partial charge in [0.25, 0.3) is 0 Å². The van der Waals surface area contributed by atoms with Crippen LogP contribution in [0.15, 0.2) is 12.1 Å². The number of piperidine rings is 1. The number of aromatic hydroxyl groups is 2. The van der Waals surface area contributed by atoms with Gasteiger partial charge < -0.3 is 21.1 Å². The van der Waals surface area contributed by atoms with Crippen molar-refractivity contribution in [3.63, 3.8) is 0 Å². The number of aliphatic hydroxyl groups is 1. The predicted octanol–water partition coefficient (Wildman–Crippen LogP) is 1.62. The summed E-state index contributed by atoms with van der Waals surface area (Å²) >= 11 is 0. The molecule has 0 unspecified atom stereocenters. The maximum Gasteiger partial charge on any atom is 0.161 e. The SMILES string of the molecule is N[C@@H]1CC[C@@]2(O)[C@H]3Cc4ccc(O)c(O)c4[C@@]2(CCN3CC2CC2)C1. The topological polar surface area (TPSA) is 90.0 Å². The molecule has 0 amide bonds. The van der Waals surface area contributed by atoms with Crippen LogP contribution >= 0.6 is 0 Å². The Kier molecular flexibility index (Phi) is 3.26. The van der Waals surface area contributed by atoms with Crippen LogP contribution < -0.4 is 5.73 Å². The van der Waals surface area contributed by atoms with Crippen LogP contribution in [0.25, 0.3) is 0 Å². The van der Waals surface area contributed by atoms with Gasteiger partial charge in [-0.1, -0.05) is 6.07 Å². The smallest absolute Gasteiger partial charge is 0.161 e. The highest BCUT2D eigenvalue weighted by Gasteiger charge is 2.65. The molecule has 136 valence electrons. The van der Waals surface area contributed by atoms with Crippen molar-refractivity contribution in [1.29, 1.82) is 0 Å². The summed E-state index contributed by atoms with van der Waals surface area (Å²) in [5.74, 6) is 0.657. The van der Waals surface area contributed by atoms with Crippen LogP contribution in [0.2, 0.25) is 0 Å². The van der Waals surface area contributed by atoms with Gasteiger partial charge in [0, 0.05) is 29.6 Å². The van der Waals surface area contributed by atoms with Gasteiger partial charge in [-0.15, -0.1) is 0 Å². The van der Waals surface area contributed by atoms with Crippen molar-refractivity contribution in [3.8, 4) is 11.5 Å². The Morgan fingerprint density at radius 3 is 2.72 bits per heavy atom. The number of rotatable bonds is 2. The van der Waals surface area contributed by atoms with E-state index in [2.05, 4.69) is 4.90 Å². The second kappa shape index (κ2) is 5.12. The molecule has 1 aromatic carbocycles. The highest BCUT2D eigenvalue weighted by atomic mass is 16.3. The molecule has 5 heteroatoms. The van der Waals surface area contributed by atoms with E-state index in [4.69, 9.17) is 5.73 Å². The molecule has 2 bridgehead atoms. The highest BCUT2D eigenvalue weighted by molar-refractivity contribution is 5.57. The van der Waals surface area contributed by atoms with Gasteiger partial charge >= 0.3 is 0 Å². The summed E-state index contributed by atoms with van der Waals surface area (Å²) in [4.78, 5) is 2.50. The van der Waals surface area contributed by atoms with Crippen LogP contribution in [0.1, 0.15) is 49.7 Å². The molecule has 4 aliphatic rings. The zero-order chi connectivity index (χ0) is 17.4. The fraction of sp³-hybridized carbons (Fsp3) is 0.700. The Morgan fingerprint density at radius 2 is 1.96 bits per heavy atom. The largest absolute Gasteiger partial charge is 0.504 e. The van der Waals surface area contributed by atoms with Crippen LogP contribution in [0, 0.1) is 5.92 Å². The minimum absolute atomic E-state index is 0.0311. The van der Waals surface area contributed by atoms with Crippen LogP contribution in [0.5, 0.6) is 11.5 Å². The molecule has 2 saturated carbocycles. The average Bonchev–Trinajstić information content (AvgIpc) is 3.38. The van der Waals surface area contributed by atoms with E-state index in [0.717, 1.165) is 49.4 Å². The molecular formula is C20H28N2O3. The number of fused-ring (bicyclic) bond motifs is 1. The number of nitrogens with zero attached hydrogens (tertiary/aromatic N) is 1. The van der Waals surface area contributed by atoms with E-state index in [1.807, 2.05) is 6.07 Å². The van der Waals surface area contributed by atoms with Crippen LogP contribution in [0.3, 0.4) is 0 Å². The van der Waals surface area contributed by atoms with E-state index >= 15 is 0 Å². The van der Waals surface area contributed by atoms with Gasteiger partial charge in [-0.25, -0.2) is 0 Å². The fourth-order valence-electron chi connectivity index (χ4n) is 6.09. The van der Waals surface area contributed by atoms with Gasteiger partial charge in [-0.2, -0.15) is 0 Å². The zero-order valence-electron chi connectivity index (χ0n) is 14.6. The van der Waals surface area contributed by atoms with Crippen LogP contribution in [0.4, 0.5) is 0 Å². The molecule has 0 spiro atoms. The number of likely N-dealkylation sites (tertiary alicyclic amines) is 1. The molecule has 1 saturated heterocycles. The van der Waals surface area contributed by atoms with Gasteiger partial charge in [-0.05, 0) is 69.0 Å². The number of hydrogen-bond donors (Lipinski definition) is 4. The minimum Gasteiger partial charge on any atom is -0.504 e. The quantitative estimate of drug-likeness (QED) is 0.612. The summed E-state index contributed by atoms with van der Waals surface area (Å²) in [6.07, 6.45) is 6.33. The lowest BCUT2D eigenvalue weighted by Crippen LogP contribution is -2.74. The summed E-state index contributed by atoms with van der Waals surface area (Å²) in [6.45, 7) is 2.01. The molecule has 5 nitrogen and oxygen atoms in total. The van der Waals surface area contributed by atoms with Gasteiger partial charge in [-0.3, -0.25) is 4.90 Å². The van der Waals surface area contributed by atoms with Gasteiger partial charge in [0.15, 0.2) is 11.5 Å². The maximum atomic E-state index is 12.0. The summed E-state index contributed by atoms with van der Waals surface area (Å²) < 4.78 is 0. The molecule has 3 aliphatic carbocycles. The highest BCUT2D eigenvalue weighted by Crippen LogP contribution is 2.61.